The Morgan fingerprint density at radius 1 is 1.00 bits per heavy atom. The van der Waals surface area contributed by atoms with Gasteiger partial charge < -0.3 is 0 Å². The fourth-order valence-electron chi connectivity index (χ4n) is 2.24. The van der Waals surface area contributed by atoms with Crippen LogP contribution in [-0.4, -0.2) is 9.38 Å². The van der Waals surface area contributed by atoms with Crippen molar-refractivity contribution in [1.82, 2.24) is 9.38 Å². The van der Waals surface area contributed by atoms with E-state index in [0.29, 0.717) is 10.0 Å². The molecule has 4 rings (SSSR count). The van der Waals surface area contributed by atoms with Crippen LogP contribution in [0.1, 0.15) is 0 Å². The average molecular weight is 319 g/mol. The first-order chi connectivity index (χ1) is 9.72. The summed E-state index contributed by atoms with van der Waals surface area (Å²) in [6, 6.07) is 13.8. The van der Waals surface area contributed by atoms with Crippen LogP contribution in [0.2, 0.25) is 10.0 Å². The van der Waals surface area contributed by atoms with Gasteiger partial charge in [-0.1, -0.05) is 52.7 Å². The van der Waals surface area contributed by atoms with Crippen LogP contribution in [0.15, 0.2) is 48.7 Å². The van der Waals surface area contributed by atoms with E-state index in [1.54, 1.807) is 11.3 Å². The Hall–Kier alpha value is -1.55. The van der Waals surface area contributed by atoms with E-state index < -0.39 is 0 Å². The fourth-order valence-corrected chi connectivity index (χ4v) is 3.54. The summed E-state index contributed by atoms with van der Waals surface area (Å²) >= 11 is 13.7. The fraction of sp³-hybridized carbons (Fsp3) is 0. The molecule has 0 N–H and O–H groups in total. The lowest BCUT2D eigenvalue weighted by molar-refractivity contribution is 1.28. The predicted octanol–water partition coefficient (Wildman–Crippen LogP) is 5.52. The second kappa shape index (κ2) is 4.48. The molecule has 0 spiro atoms. The van der Waals surface area contributed by atoms with Gasteiger partial charge >= 0.3 is 0 Å². The van der Waals surface area contributed by atoms with E-state index in [1.165, 1.54) is 0 Å². The summed E-state index contributed by atoms with van der Waals surface area (Å²) in [6.07, 6.45) is 2.09. The number of hydrogen-bond donors (Lipinski definition) is 0. The van der Waals surface area contributed by atoms with E-state index in [1.807, 2.05) is 36.4 Å². The lowest BCUT2D eigenvalue weighted by atomic mass is 10.2. The number of aromatic nitrogens is 2. The third-order valence-electron chi connectivity index (χ3n) is 3.22. The molecule has 0 saturated carbocycles. The number of rotatable bonds is 1. The average Bonchev–Trinajstić information content (AvgIpc) is 2.99. The van der Waals surface area contributed by atoms with Crippen LogP contribution < -0.4 is 0 Å². The highest BCUT2D eigenvalue weighted by Gasteiger charge is 2.10. The van der Waals surface area contributed by atoms with Crippen molar-refractivity contribution in [2.45, 2.75) is 0 Å². The molecule has 98 valence electrons. The molecule has 0 aliphatic rings. The number of fused-ring (bicyclic) bond motifs is 3. The number of hydrogen-bond acceptors (Lipinski definition) is 2. The zero-order valence-electron chi connectivity index (χ0n) is 10.2. The van der Waals surface area contributed by atoms with Crippen molar-refractivity contribution in [3.63, 3.8) is 0 Å². The molecule has 2 heterocycles. The van der Waals surface area contributed by atoms with Gasteiger partial charge in [0, 0.05) is 6.20 Å². The molecule has 0 unspecified atom stereocenters. The number of nitrogens with zero attached hydrogens (tertiary/aromatic N) is 2. The topological polar surface area (TPSA) is 17.3 Å². The minimum absolute atomic E-state index is 0.570. The Balaban J connectivity index is 1.94. The summed E-state index contributed by atoms with van der Waals surface area (Å²) in [5, 5.41) is 1.14. The minimum atomic E-state index is 0.570. The van der Waals surface area contributed by atoms with Crippen LogP contribution in [0.3, 0.4) is 0 Å². The van der Waals surface area contributed by atoms with Crippen molar-refractivity contribution < 1.29 is 0 Å². The van der Waals surface area contributed by atoms with E-state index >= 15 is 0 Å². The van der Waals surface area contributed by atoms with E-state index in [9.17, 15) is 0 Å². The molecule has 2 nitrogen and oxygen atoms in total. The van der Waals surface area contributed by atoms with Gasteiger partial charge in [-0.2, -0.15) is 0 Å². The molecule has 0 atom stereocenters. The molecule has 2 aromatic carbocycles. The number of benzene rings is 2. The monoisotopic (exact) mass is 318 g/mol. The van der Waals surface area contributed by atoms with Crippen LogP contribution >= 0.6 is 34.5 Å². The molecular weight excluding hydrogens is 311 g/mol. The standard InChI is InChI=1S/C15H8Cl2N2S/c16-10-6-5-9(7-11(10)17)14-8-19-13-4-2-1-3-12(13)18-15(19)20-14/h1-8H. The van der Waals surface area contributed by atoms with E-state index in [-0.39, 0.29) is 0 Å². The zero-order chi connectivity index (χ0) is 13.7. The van der Waals surface area contributed by atoms with Crippen LogP contribution in [0.25, 0.3) is 26.4 Å². The maximum Gasteiger partial charge on any atom is 0.195 e. The molecule has 0 aliphatic carbocycles. The third-order valence-corrected chi connectivity index (χ3v) is 4.99. The highest BCUT2D eigenvalue weighted by Crippen LogP contribution is 2.34. The van der Waals surface area contributed by atoms with Crippen LogP contribution in [0.5, 0.6) is 0 Å². The molecular formula is C15H8Cl2N2S. The van der Waals surface area contributed by atoms with Crippen LogP contribution in [-0.2, 0) is 0 Å². The Morgan fingerprint density at radius 2 is 1.85 bits per heavy atom. The summed E-state index contributed by atoms with van der Waals surface area (Å²) in [6.45, 7) is 0. The van der Waals surface area contributed by atoms with Gasteiger partial charge in [-0.05, 0) is 29.8 Å². The first-order valence-corrected chi connectivity index (χ1v) is 7.62. The Kier molecular flexibility index (Phi) is 2.74. The molecule has 0 bridgehead atoms. The SMILES string of the molecule is Clc1ccc(-c2cn3c(nc4ccccc43)s2)cc1Cl. The van der Waals surface area contributed by atoms with Crippen molar-refractivity contribution in [2.75, 3.05) is 0 Å². The molecule has 0 aliphatic heterocycles. The van der Waals surface area contributed by atoms with Gasteiger partial charge in [0.15, 0.2) is 4.96 Å². The van der Waals surface area contributed by atoms with Gasteiger partial charge in [0.2, 0.25) is 0 Å². The first kappa shape index (κ1) is 12.2. The molecule has 0 saturated heterocycles. The summed E-state index contributed by atoms with van der Waals surface area (Å²) in [5.41, 5.74) is 3.18. The van der Waals surface area contributed by atoms with Gasteiger partial charge in [-0.3, -0.25) is 4.40 Å². The lowest BCUT2D eigenvalue weighted by Gasteiger charge is -1.99. The summed E-state index contributed by atoms with van der Waals surface area (Å²) in [4.78, 5) is 6.72. The summed E-state index contributed by atoms with van der Waals surface area (Å²) < 4.78 is 2.11. The Bertz CT molecular complexity index is 940. The van der Waals surface area contributed by atoms with Gasteiger partial charge in [-0.15, -0.1) is 0 Å². The smallest absolute Gasteiger partial charge is 0.195 e. The molecule has 2 aromatic heterocycles. The number of imidazole rings is 1. The normalized spacial score (nSPS) is 11.5. The van der Waals surface area contributed by atoms with Crippen molar-refractivity contribution in [3.05, 3.63) is 58.7 Å². The van der Waals surface area contributed by atoms with Gasteiger partial charge in [-0.25, -0.2) is 4.98 Å². The Morgan fingerprint density at radius 3 is 2.70 bits per heavy atom. The second-order valence-electron chi connectivity index (χ2n) is 4.48. The largest absolute Gasteiger partial charge is 0.290 e. The minimum Gasteiger partial charge on any atom is -0.290 e. The number of halogens is 2. The zero-order valence-corrected chi connectivity index (χ0v) is 12.5. The molecule has 0 amide bonds. The first-order valence-electron chi connectivity index (χ1n) is 6.04. The maximum absolute atomic E-state index is 6.08. The molecule has 0 radical (unpaired) electrons. The summed E-state index contributed by atoms with van der Waals surface area (Å²) in [7, 11) is 0. The molecule has 0 fully saturated rings. The van der Waals surface area contributed by atoms with Crippen molar-refractivity contribution in [1.29, 1.82) is 0 Å². The van der Waals surface area contributed by atoms with E-state index in [2.05, 4.69) is 21.6 Å². The summed E-state index contributed by atoms with van der Waals surface area (Å²) in [5.74, 6) is 0. The lowest BCUT2D eigenvalue weighted by Crippen LogP contribution is -1.77. The highest BCUT2D eigenvalue weighted by molar-refractivity contribution is 7.20. The highest BCUT2D eigenvalue weighted by atomic mass is 35.5. The van der Waals surface area contributed by atoms with Crippen molar-refractivity contribution >= 4 is 50.5 Å². The molecule has 20 heavy (non-hydrogen) atoms. The second-order valence-corrected chi connectivity index (χ2v) is 6.30. The van der Waals surface area contributed by atoms with Gasteiger partial charge in [0.25, 0.3) is 0 Å². The molecule has 4 aromatic rings. The molecule has 5 heteroatoms. The predicted molar refractivity (Wildman–Crippen MR) is 86.0 cm³/mol. The van der Waals surface area contributed by atoms with Crippen molar-refractivity contribution in [2.24, 2.45) is 0 Å². The van der Waals surface area contributed by atoms with Gasteiger partial charge in [0.1, 0.15) is 0 Å². The van der Waals surface area contributed by atoms with E-state index in [4.69, 9.17) is 23.2 Å². The van der Waals surface area contributed by atoms with E-state index in [0.717, 1.165) is 26.4 Å². The Labute approximate surface area is 129 Å². The van der Waals surface area contributed by atoms with Crippen LogP contribution in [0, 0.1) is 0 Å². The maximum atomic E-state index is 6.08. The van der Waals surface area contributed by atoms with Crippen molar-refractivity contribution in [3.8, 4) is 10.4 Å². The quantitative estimate of drug-likeness (QED) is 0.451. The third kappa shape index (κ3) is 1.82. The van der Waals surface area contributed by atoms with Crippen LogP contribution in [0.4, 0.5) is 0 Å². The number of thiazole rings is 1. The number of para-hydroxylation sites is 2. The van der Waals surface area contributed by atoms with Gasteiger partial charge in [0.05, 0.1) is 26.0 Å².